The van der Waals surface area contributed by atoms with Crippen LogP contribution >= 0.6 is 0 Å². The summed E-state index contributed by atoms with van der Waals surface area (Å²) in [5, 5.41) is 3.42. The van der Waals surface area contributed by atoms with Crippen LogP contribution in [0.25, 0.3) is 0 Å². The number of rotatable bonds is 5. The van der Waals surface area contributed by atoms with Gasteiger partial charge in [-0.05, 0) is 30.4 Å². The lowest BCUT2D eigenvalue weighted by Crippen LogP contribution is -2.22. The van der Waals surface area contributed by atoms with Gasteiger partial charge in [0.1, 0.15) is 0 Å². The molecule has 1 aliphatic carbocycles. The van der Waals surface area contributed by atoms with E-state index in [9.17, 15) is 0 Å². The fourth-order valence-corrected chi connectivity index (χ4v) is 3.20. The van der Waals surface area contributed by atoms with Crippen molar-refractivity contribution in [3.63, 3.8) is 0 Å². The molecule has 0 amide bonds. The van der Waals surface area contributed by atoms with Crippen molar-refractivity contribution in [3.8, 4) is 0 Å². The summed E-state index contributed by atoms with van der Waals surface area (Å²) in [7, 11) is 0. The molecular formula is C18H25N3. The molecule has 3 heteroatoms. The summed E-state index contributed by atoms with van der Waals surface area (Å²) in [5.41, 5.74) is 4.21. The van der Waals surface area contributed by atoms with E-state index in [0.29, 0.717) is 12.0 Å². The quantitative estimate of drug-likeness (QED) is 0.910. The molecule has 0 aliphatic heterocycles. The maximum absolute atomic E-state index is 4.51. The van der Waals surface area contributed by atoms with E-state index in [1.807, 2.05) is 6.33 Å². The molecule has 112 valence electrons. The highest BCUT2D eigenvalue weighted by atomic mass is 15.0. The van der Waals surface area contributed by atoms with E-state index in [2.05, 4.69) is 59.2 Å². The topological polar surface area (TPSA) is 29.9 Å². The second-order valence-corrected chi connectivity index (χ2v) is 6.39. The Hall–Kier alpha value is -1.61. The number of nitrogens with zero attached hydrogens (tertiary/aromatic N) is 2. The Labute approximate surface area is 127 Å². The van der Waals surface area contributed by atoms with Crippen molar-refractivity contribution in [3.05, 3.63) is 53.6 Å². The molecule has 1 aliphatic rings. The van der Waals surface area contributed by atoms with Crippen LogP contribution in [0.3, 0.4) is 0 Å². The number of imidazole rings is 1. The number of aromatic nitrogens is 2. The van der Waals surface area contributed by atoms with E-state index in [-0.39, 0.29) is 0 Å². The molecule has 1 heterocycles. The normalized spacial score (nSPS) is 18.0. The molecule has 0 saturated heterocycles. The molecule has 3 nitrogen and oxygen atoms in total. The van der Waals surface area contributed by atoms with Crippen LogP contribution in [-0.4, -0.2) is 15.6 Å². The van der Waals surface area contributed by atoms with Crippen molar-refractivity contribution < 1.29 is 0 Å². The summed E-state index contributed by atoms with van der Waals surface area (Å²) in [4.78, 5) is 4.51. The van der Waals surface area contributed by atoms with Crippen molar-refractivity contribution >= 4 is 0 Å². The number of fused-ring (bicyclic) bond motifs is 1. The standard InChI is InChI=1S/C18H25N3/c1-14(2)19-10-17-12-21(13-20-17)11-16-8-5-7-15-6-3-4-9-18(15)16/h3-4,6,9,12-14,16,19H,5,7-8,10-11H2,1-2H3. The van der Waals surface area contributed by atoms with Crippen LogP contribution in [0, 0.1) is 0 Å². The van der Waals surface area contributed by atoms with E-state index in [0.717, 1.165) is 18.8 Å². The molecule has 0 saturated carbocycles. The van der Waals surface area contributed by atoms with Crippen molar-refractivity contribution in [2.45, 2.75) is 58.2 Å². The Kier molecular flexibility index (Phi) is 4.39. The van der Waals surface area contributed by atoms with Gasteiger partial charge >= 0.3 is 0 Å². The second kappa shape index (κ2) is 6.44. The van der Waals surface area contributed by atoms with E-state index in [1.54, 1.807) is 5.56 Å². The minimum absolute atomic E-state index is 0.500. The summed E-state index contributed by atoms with van der Waals surface area (Å²) in [5.74, 6) is 0.634. The van der Waals surface area contributed by atoms with Crippen LogP contribution in [0.1, 0.15) is 49.4 Å². The van der Waals surface area contributed by atoms with Gasteiger partial charge in [-0.25, -0.2) is 4.98 Å². The average Bonchev–Trinajstić information content (AvgIpc) is 2.93. The first kappa shape index (κ1) is 14.3. The predicted octanol–water partition coefficient (Wildman–Crippen LogP) is 3.50. The molecule has 0 spiro atoms. The Morgan fingerprint density at radius 2 is 2.19 bits per heavy atom. The predicted molar refractivity (Wildman–Crippen MR) is 86.3 cm³/mol. The number of aryl methyl sites for hydroxylation is 1. The van der Waals surface area contributed by atoms with Crippen LogP contribution in [0.4, 0.5) is 0 Å². The van der Waals surface area contributed by atoms with Gasteiger partial charge in [-0.2, -0.15) is 0 Å². The number of hydrogen-bond acceptors (Lipinski definition) is 2. The molecule has 3 rings (SSSR count). The summed E-state index contributed by atoms with van der Waals surface area (Å²) in [6, 6.07) is 9.42. The highest BCUT2D eigenvalue weighted by Gasteiger charge is 2.20. The third kappa shape index (κ3) is 3.53. The number of hydrogen-bond donors (Lipinski definition) is 1. The molecule has 0 fully saturated rings. The van der Waals surface area contributed by atoms with E-state index in [4.69, 9.17) is 0 Å². The van der Waals surface area contributed by atoms with Crippen molar-refractivity contribution in [2.75, 3.05) is 0 Å². The van der Waals surface area contributed by atoms with Crippen molar-refractivity contribution in [2.24, 2.45) is 0 Å². The fraction of sp³-hybridized carbons (Fsp3) is 0.500. The zero-order chi connectivity index (χ0) is 14.7. The summed E-state index contributed by atoms with van der Waals surface area (Å²) in [6.45, 7) is 6.23. The molecule has 1 aromatic carbocycles. The van der Waals surface area contributed by atoms with Gasteiger partial charge in [0.15, 0.2) is 0 Å². The van der Waals surface area contributed by atoms with E-state index >= 15 is 0 Å². The van der Waals surface area contributed by atoms with Crippen LogP contribution in [0.5, 0.6) is 0 Å². The molecule has 1 N–H and O–H groups in total. The van der Waals surface area contributed by atoms with Crippen LogP contribution in [0.2, 0.25) is 0 Å². The zero-order valence-corrected chi connectivity index (χ0v) is 13.0. The average molecular weight is 283 g/mol. The third-order valence-corrected chi connectivity index (χ3v) is 4.30. The van der Waals surface area contributed by atoms with Gasteiger partial charge in [-0.3, -0.25) is 0 Å². The molecule has 1 unspecified atom stereocenters. The lowest BCUT2D eigenvalue weighted by Gasteiger charge is -2.25. The fourth-order valence-electron chi connectivity index (χ4n) is 3.20. The number of benzene rings is 1. The number of nitrogens with one attached hydrogen (secondary N) is 1. The lowest BCUT2D eigenvalue weighted by molar-refractivity contribution is 0.482. The molecule has 1 aromatic heterocycles. The van der Waals surface area contributed by atoms with Crippen LogP contribution < -0.4 is 5.32 Å². The summed E-state index contributed by atoms with van der Waals surface area (Å²) < 4.78 is 2.25. The van der Waals surface area contributed by atoms with Gasteiger partial charge in [0, 0.05) is 31.2 Å². The maximum Gasteiger partial charge on any atom is 0.0950 e. The van der Waals surface area contributed by atoms with Gasteiger partial charge in [-0.1, -0.05) is 38.1 Å². The second-order valence-electron chi connectivity index (χ2n) is 6.39. The summed E-state index contributed by atoms with van der Waals surface area (Å²) >= 11 is 0. The minimum atomic E-state index is 0.500. The Morgan fingerprint density at radius 1 is 1.33 bits per heavy atom. The Morgan fingerprint density at radius 3 is 3.05 bits per heavy atom. The van der Waals surface area contributed by atoms with Gasteiger partial charge in [-0.15, -0.1) is 0 Å². The third-order valence-electron chi connectivity index (χ3n) is 4.30. The molecule has 0 bridgehead atoms. The van der Waals surface area contributed by atoms with Crippen LogP contribution in [0.15, 0.2) is 36.8 Å². The lowest BCUT2D eigenvalue weighted by atomic mass is 9.83. The highest BCUT2D eigenvalue weighted by molar-refractivity contribution is 5.32. The van der Waals surface area contributed by atoms with Gasteiger partial charge in [0.2, 0.25) is 0 Å². The first-order valence-electron chi connectivity index (χ1n) is 8.04. The van der Waals surface area contributed by atoms with Crippen molar-refractivity contribution in [1.29, 1.82) is 0 Å². The van der Waals surface area contributed by atoms with E-state index in [1.165, 1.54) is 24.8 Å². The minimum Gasteiger partial charge on any atom is -0.337 e. The van der Waals surface area contributed by atoms with Crippen molar-refractivity contribution in [1.82, 2.24) is 14.9 Å². The monoisotopic (exact) mass is 283 g/mol. The molecule has 2 aromatic rings. The van der Waals surface area contributed by atoms with Gasteiger partial charge in [0.05, 0.1) is 12.0 Å². The van der Waals surface area contributed by atoms with Gasteiger partial charge < -0.3 is 9.88 Å². The first-order valence-corrected chi connectivity index (χ1v) is 8.04. The largest absolute Gasteiger partial charge is 0.337 e. The Balaban J connectivity index is 1.67. The van der Waals surface area contributed by atoms with Gasteiger partial charge in [0.25, 0.3) is 0 Å². The molecule has 1 atom stereocenters. The highest BCUT2D eigenvalue weighted by Crippen LogP contribution is 2.32. The first-order chi connectivity index (χ1) is 10.2. The Bertz CT molecular complexity index is 586. The zero-order valence-electron chi connectivity index (χ0n) is 13.0. The molecule has 0 radical (unpaired) electrons. The summed E-state index contributed by atoms with van der Waals surface area (Å²) in [6.07, 6.45) is 7.99. The molecule has 21 heavy (non-hydrogen) atoms. The SMILES string of the molecule is CC(C)NCc1cn(CC2CCCc3ccccc32)cn1. The molecular weight excluding hydrogens is 258 g/mol. The smallest absolute Gasteiger partial charge is 0.0950 e. The van der Waals surface area contributed by atoms with E-state index < -0.39 is 0 Å². The van der Waals surface area contributed by atoms with Crippen LogP contribution in [-0.2, 0) is 19.5 Å². The maximum atomic E-state index is 4.51.